The van der Waals surface area contributed by atoms with Gasteiger partial charge in [-0.15, -0.1) is 0 Å². The highest BCUT2D eigenvalue weighted by Crippen LogP contribution is 2.34. The van der Waals surface area contributed by atoms with Gasteiger partial charge in [-0.3, -0.25) is 14.7 Å². The number of nitrogens with one attached hydrogen (secondary N) is 1. The maximum Gasteiger partial charge on any atom is 0.303 e. The summed E-state index contributed by atoms with van der Waals surface area (Å²) >= 11 is 0. The first-order chi connectivity index (χ1) is 18.9. The van der Waals surface area contributed by atoms with Crippen LogP contribution in [-0.4, -0.2) is 54.8 Å². The summed E-state index contributed by atoms with van der Waals surface area (Å²) in [5, 5.41) is 10.6. The van der Waals surface area contributed by atoms with Gasteiger partial charge in [-0.1, -0.05) is 11.8 Å². The third kappa shape index (κ3) is 7.73. The Balaban J connectivity index is 1.44. The van der Waals surface area contributed by atoms with Crippen LogP contribution in [0, 0.1) is 35.3 Å². The Morgan fingerprint density at radius 3 is 2.69 bits per heavy atom. The smallest absolute Gasteiger partial charge is 0.303 e. The lowest BCUT2D eigenvalue weighted by atomic mass is 9.79. The number of rotatable bonds is 10. The van der Waals surface area contributed by atoms with Crippen molar-refractivity contribution in [2.75, 3.05) is 33.9 Å². The lowest BCUT2D eigenvalue weighted by Gasteiger charge is -2.38. The van der Waals surface area contributed by atoms with Gasteiger partial charge in [-0.25, -0.2) is 8.78 Å². The lowest BCUT2D eigenvalue weighted by Crippen LogP contribution is -2.41. The maximum atomic E-state index is 13.4. The number of nitrogens with zero attached hydrogens (tertiary/aromatic N) is 2. The molecule has 2 N–H and O–H groups in total. The van der Waals surface area contributed by atoms with Crippen LogP contribution < -0.4 is 10.2 Å². The van der Waals surface area contributed by atoms with Crippen molar-refractivity contribution in [1.29, 1.82) is 0 Å². The molecule has 2 heterocycles. The van der Waals surface area contributed by atoms with Crippen LogP contribution in [0.3, 0.4) is 0 Å². The molecule has 0 amide bonds. The van der Waals surface area contributed by atoms with E-state index in [4.69, 9.17) is 9.57 Å². The number of methoxy groups -OCH3 is 1. The van der Waals surface area contributed by atoms with E-state index in [1.165, 1.54) is 12.1 Å². The summed E-state index contributed by atoms with van der Waals surface area (Å²) in [4.78, 5) is 23.6. The van der Waals surface area contributed by atoms with Crippen LogP contribution in [0.2, 0.25) is 0 Å². The van der Waals surface area contributed by atoms with Crippen LogP contribution in [0.25, 0.3) is 10.9 Å². The van der Waals surface area contributed by atoms with Crippen molar-refractivity contribution in [2.45, 2.75) is 31.7 Å². The molecule has 7 nitrogen and oxygen atoms in total. The number of hydrogen-bond donors (Lipinski definition) is 2. The van der Waals surface area contributed by atoms with Crippen molar-refractivity contribution in [3.8, 4) is 17.6 Å². The zero-order chi connectivity index (χ0) is 27.8. The molecule has 9 heteroatoms. The number of benzene rings is 2. The molecule has 0 bridgehead atoms. The van der Waals surface area contributed by atoms with Gasteiger partial charge in [0.25, 0.3) is 0 Å². The van der Waals surface area contributed by atoms with Gasteiger partial charge in [0.2, 0.25) is 0 Å². The van der Waals surface area contributed by atoms with E-state index in [2.05, 4.69) is 27.2 Å². The second-order valence-corrected chi connectivity index (χ2v) is 9.84. The minimum atomic E-state index is -0.827. The summed E-state index contributed by atoms with van der Waals surface area (Å²) in [6.07, 6.45) is 4.24. The first-order valence-electron chi connectivity index (χ1n) is 13.0. The second-order valence-electron chi connectivity index (χ2n) is 9.84. The van der Waals surface area contributed by atoms with E-state index in [0.29, 0.717) is 13.1 Å². The summed E-state index contributed by atoms with van der Waals surface area (Å²) in [5.74, 6) is 4.55. The zero-order valence-corrected chi connectivity index (χ0v) is 22.1. The Hall–Kier alpha value is -3.58. The molecule has 0 radical (unpaired) electrons. The molecule has 1 aliphatic rings. The van der Waals surface area contributed by atoms with Crippen LogP contribution in [0.1, 0.15) is 42.9 Å². The largest absolute Gasteiger partial charge is 0.497 e. The van der Waals surface area contributed by atoms with Gasteiger partial charge in [0.15, 0.2) is 0 Å². The SMILES string of the molecule is CON[C@H](CC[C@@H]1CCN(CC#Cc2cc(F)cc(F)c2)C[C@@H]1CC(=O)O)c1ccnc2ccc(OC)cc12. The molecule has 4 rings (SSSR count). The average molecular weight is 538 g/mol. The predicted molar refractivity (Wildman–Crippen MR) is 144 cm³/mol. The minimum Gasteiger partial charge on any atom is -0.497 e. The first-order valence-corrected chi connectivity index (χ1v) is 13.0. The fourth-order valence-electron chi connectivity index (χ4n) is 5.39. The van der Waals surface area contributed by atoms with Crippen molar-refractivity contribution in [3.05, 3.63) is 71.4 Å². The summed E-state index contributed by atoms with van der Waals surface area (Å²) in [6, 6.07) is 10.8. The van der Waals surface area contributed by atoms with Crippen molar-refractivity contribution in [1.82, 2.24) is 15.4 Å². The van der Waals surface area contributed by atoms with Crippen molar-refractivity contribution >= 4 is 16.9 Å². The monoisotopic (exact) mass is 537 g/mol. The number of halogens is 2. The first kappa shape index (κ1) is 28.4. The number of pyridine rings is 1. The molecule has 0 unspecified atom stereocenters. The van der Waals surface area contributed by atoms with Crippen molar-refractivity contribution in [2.24, 2.45) is 11.8 Å². The zero-order valence-electron chi connectivity index (χ0n) is 22.1. The Kier molecular flexibility index (Phi) is 9.82. The fraction of sp³-hybridized carbons (Fsp3) is 0.400. The number of carboxylic acid groups (broad SMARTS) is 1. The highest BCUT2D eigenvalue weighted by Gasteiger charge is 2.31. The summed E-state index contributed by atoms with van der Waals surface area (Å²) in [7, 11) is 3.21. The molecule has 3 aromatic rings. The van der Waals surface area contributed by atoms with Crippen LogP contribution in [0.4, 0.5) is 8.78 Å². The predicted octanol–water partition coefficient (Wildman–Crippen LogP) is 4.96. The molecule has 3 atom stereocenters. The molecule has 0 saturated carbocycles. The third-order valence-electron chi connectivity index (χ3n) is 7.25. The quantitative estimate of drug-likeness (QED) is 0.279. The number of aromatic nitrogens is 1. The molecule has 1 aliphatic heterocycles. The van der Waals surface area contributed by atoms with Gasteiger partial charge in [0, 0.05) is 36.2 Å². The number of ether oxygens (including phenoxy) is 1. The van der Waals surface area contributed by atoms with E-state index >= 15 is 0 Å². The summed E-state index contributed by atoms with van der Waals surface area (Å²) in [6.45, 7) is 1.77. The Labute approximate surface area is 227 Å². The maximum absolute atomic E-state index is 13.4. The van der Waals surface area contributed by atoms with Crippen molar-refractivity contribution in [3.63, 3.8) is 0 Å². The second kappa shape index (κ2) is 13.5. The van der Waals surface area contributed by atoms with Crippen LogP contribution in [-0.2, 0) is 9.63 Å². The van der Waals surface area contributed by atoms with Gasteiger partial charge in [-0.2, -0.15) is 5.48 Å². The van der Waals surface area contributed by atoms with Crippen LogP contribution in [0.5, 0.6) is 5.75 Å². The molecule has 1 aromatic heterocycles. The third-order valence-corrected chi connectivity index (χ3v) is 7.25. The van der Waals surface area contributed by atoms with Gasteiger partial charge >= 0.3 is 5.97 Å². The number of likely N-dealkylation sites (tertiary alicyclic amines) is 1. The van der Waals surface area contributed by atoms with Gasteiger partial charge in [-0.05, 0) is 79.6 Å². The van der Waals surface area contributed by atoms with Crippen LogP contribution in [0.15, 0.2) is 48.7 Å². The lowest BCUT2D eigenvalue weighted by molar-refractivity contribution is -0.139. The molecule has 0 spiro atoms. The van der Waals surface area contributed by atoms with Gasteiger partial charge < -0.3 is 14.7 Å². The molecular formula is C30H33F2N3O4. The van der Waals surface area contributed by atoms with E-state index < -0.39 is 17.6 Å². The van der Waals surface area contributed by atoms with E-state index in [9.17, 15) is 18.7 Å². The van der Waals surface area contributed by atoms with E-state index in [-0.39, 0.29) is 29.9 Å². The van der Waals surface area contributed by atoms with E-state index in [1.807, 2.05) is 24.3 Å². The van der Waals surface area contributed by atoms with E-state index in [1.54, 1.807) is 20.4 Å². The number of hydrogen-bond acceptors (Lipinski definition) is 6. The average Bonchev–Trinajstić information content (AvgIpc) is 2.90. The Morgan fingerprint density at radius 1 is 1.18 bits per heavy atom. The number of hydroxylamine groups is 1. The van der Waals surface area contributed by atoms with Crippen LogP contribution >= 0.6 is 0 Å². The number of aliphatic carboxylic acids is 1. The molecule has 206 valence electrons. The normalized spacial score (nSPS) is 18.4. The summed E-state index contributed by atoms with van der Waals surface area (Å²) in [5.41, 5.74) is 5.29. The standard InChI is InChI=1S/C30H33F2N3O4/c1-38-25-6-8-28-27(18-25)26(9-11-33-28)29(34-39-2)7-5-21-10-13-35(19-22(21)16-30(36)37)12-3-4-20-14-23(31)17-24(32)15-20/h6,8-9,11,14-15,17-18,21-22,29,34H,5,7,10,12-13,16,19H2,1-2H3,(H,36,37)/t21-,22+,29-/m1/s1. The number of carboxylic acids is 1. The molecule has 1 saturated heterocycles. The highest BCUT2D eigenvalue weighted by atomic mass is 19.1. The highest BCUT2D eigenvalue weighted by molar-refractivity contribution is 5.84. The molecule has 39 heavy (non-hydrogen) atoms. The number of fused-ring (bicyclic) bond motifs is 1. The fourth-order valence-corrected chi connectivity index (χ4v) is 5.39. The number of carbonyl (C=O) groups is 1. The molecule has 0 aliphatic carbocycles. The molecule has 2 aromatic carbocycles. The van der Waals surface area contributed by atoms with Gasteiger partial charge in [0.05, 0.1) is 32.3 Å². The van der Waals surface area contributed by atoms with E-state index in [0.717, 1.165) is 54.1 Å². The topological polar surface area (TPSA) is 83.9 Å². The molecule has 1 fully saturated rings. The minimum absolute atomic E-state index is 0.0397. The number of piperidine rings is 1. The summed E-state index contributed by atoms with van der Waals surface area (Å²) < 4.78 is 32.3. The Morgan fingerprint density at radius 2 is 1.97 bits per heavy atom. The van der Waals surface area contributed by atoms with Gasteiger partial charge in [0.1, 0.15) is 17.4 Å². The Bertz CT molecular complexity index is 1340. The van der Waals surface area contributed by atoms with Crippen molar-refractivity contribution < 1.29 is 28.3 Å². The molecular weight excluding hydrogens is 504 g/mol.